The number of para-hydroxylation sites is 2. The molecule has 1 heterocycles. The number of nitrogens with zero attached hydrogens (tertiary/aromatic N) is 2. The minimum Gasteiger partial charge on any atom is -0.484 e. The summed E-state index contributed by atoms with van der Waals surface area (Å²) in [6, 6.07) is 16.8. The number of fused-ring (bicyclic) bond motifs is 1. The van der Waals surface area contributed by atoms with Gasteiger partial charge in [-0.05, 0) is 18.2 Å². The van der Waals surface area contributed by atoms with E-state index in [1.54, 1.807) is 18.3 Å². The molecule has 0 spiro atoms. The number of aromatic nitrogens is 1. The molecule has 0 unspecified atom stereocenters. The van der Waals surface area contributed by atoms with Crippen molar-refractivity contribution >= 4 is 28.9 Å². The Bertz CT molecular complexity index is 964. The van der Waals surface area contributed by atoms with Crippen molar-refractivity contribution < 1.29 is 14.3 Å². The van der Waals surface area contributed by atoms with Crippen LogP contribution in [0.3, 0.4) is 0 Å². The number of rotatable bonds is 8. The molecule has 1 aromatic heterocycles. The molecule has 0 atom stereocenters. The van der Waals surface area contributed by atoms with Crippen LogP contribution < -0.4 is 15.9 Å². The number of hydrogen-bond donors (Lipinski definition) is 2. The number of ether oxygens (including phenoxy) is 1. The first-order chi connectivity index (χ1) is 13.1. The molecule has 0 saturated heterocycles. The van der Waals surface area contributed by atoms with Crippen LogP contribution in [0.2, 0.25) is 0 Å². The lowest BCUT2D eigenvalue weighted by Crippen LogP contribution is -2.24. The third-order valence-electron chi connectivity index (χ3n) is 3.92. The van der Waals surface area contributed by atoms with Gasteiger partial charge in [0.15, 0.2) is 6.61 Å². The molecule has 3 aromatic rings. The van der Waals surface area contributed by atoms with Crippen LogP contribution in [0.4, 0.5) is 0 Å². The Morgan fingerprint density at radius 1 is 1.11 bits per heavy atom. The monoisotopic (exact) mass is 364 g/mol. The van der Waals surface area contributed by atoms with Gasteiger partial charge in [-0.25, -0.2) is 5.43 Å². The van der Waals surface area contributed by atoms with Crippen molar-refractivity contribution in [1.82, 2.24) is 9.99 Å². The maximum Gasteiger partial charge on any atom is 0.277 e. The van der Waals surface area contributed by atoms with Gasteiger partial charge in [-0.1, -0.05) is 36.4 Å². The number of amides is 2. The molecule has 7 nitrogen and oxygen atoms in total. The van der Waals surface area contributed by atoms with Gasteiger partial charge in [0.25, 0.3) is 5.91 Å². The molecule has 0 saturated carbocycles. The minimum atomic E-state index is -0.354. The molecule has 7 heteroatoms. The molecule has 0 aliphatic heterocycles. The number of nitrogens with one attached hydrogen (secondary N) is 1. The zero-order valence-electron chi connectivity index (χ0n) is 14.7. The Morgan fingerprint density at radius 3 is 2.63 bits per heavy atom. The predicted molar refractivity (Wildman–Crippen MR) is 103 cm³/mol. The van der Waals surface area contributed by atoms with Crippen LogP contribution in [0.25, 0.3) is 10.9 Å². The highest BCUT2D eigenvalue weighted by Gasteiger charge is 2.07. The summed E-state index contributed by atoms with van der Waals surface area (Å²) in [5, 5.41) is 4.98. The van der Waals surface area contributed by atoms with Gasteiger partial charge < -0.3 is 15.0 Å². The van der Waals surface area contributed by atoms with E-state index in [4.69, 9.17) is 10.5 Å². The van der Waals surface area contributed by atoms with Crippen molar-refractivity contribution in [1.29, 1.82) is 0 Å². The standard InChI is InChI=1S/C20H20N4O3/c21-19(25)10-11-24-13-15(17-8-4-5-9-18(17)24)12-22-23-20(26)14-27-16-6-2-1-3-7-16/h1-9,12-13H,10-11,14H2,(H2,21,25)(H,23,26)/b22-12-. The quantitative estimate of drug-likeness (QED) is 0.473. The van der Waals surface area contributed by atoms with E-state index in [2.05, 4.69) is 10.5 Å². The number of carbonyl (C=O) groups excluding carboxylic acids is 2. The second kappa shape index (κ2) is 8.66. The maximum atomic E-state index is 11.8. The predicted octanol–water partition coefficient (Wildman–Crippen LogP) is 2.05. The highest BCUT2D eigenvalue weighted by molar-refractivity contribution is 5.99. The van der Waals surface area contributed by atoms with Crippen LogP contribution in [0.1, 0.15) is 12.0 Å². The first kappa shape index (κ1) is 18.2. The van der Waals surface area contributed by atoms with E-state index in [0.29, 0.717) is 12.3 Å². The minimum absolute atomic E-state index is 0.123. The molecule has 2 amide bonds. The Balaban J connectivity index is 1.63. The number of hydrogen-bond acceptors (Lipinski definition) is 4. The average molecular weight is 364 g/mol. The zero-order chi connectivity index (χ0) is 19.1. The van der Waals surface area contributed by atoms with Gasteiger partial charge in [0.05, 0.1) is 6.21 Å². The Labute approximate surface area is 156 Å². The van der Waals surface area contributed by atoms with Gasteiger partial charge >= 0.3 is 0 Å². The lowest BCUT2D eigenvalue weighted by Gasteiger charge is -2.03. The van der Waals surface area contributed by atoms with Crippen molar-refractivity contribution in [2.45, 2.75) is 13.0 Å². The van der Waals surface area contributed by atoms with Crippen LogP contribution >= 0.6 is 0 Å². The molecule has 0 radical (unpaired) electrons. The summed E-state index contributed by atoms with van der Waals surface area (Å²) in [4.78, 5) is 22.9. The first-order valence-electron chi connectivity index (χ1n) is 8.49. The van der Waals surface area contributed by atoms with E-state index in [1.165, 1.54) is 0 Å². The third-order valence-corrected chi connectivity index (χ3v) is 3.92. The molecule has 0 fully saturated rings. The van der Waals surface area contributed by atoms with E-state index in [1.807, 2.05) is 53.2 Å². The summed E-state index contributed by atoms with van der Waals surface area (Å²) in [5.41, 5.74) is 9.49. The van der Waals surface area contributed by atoms with Crippen molar-refractivity contribution in [3.8, 4) is 5.75 Å². The fourth-order valence-corrected chi connectivity index (χ4v) is 2.67. The van der Waals surface area contributed by atoms with Gasteiger partial charge in [0.2, 0.25) is 5.91 Å². The van der Waals surface area contributed by atoms with E-state index >= 15 is 0 Å². The Morgan fingerprint density at radius 2 is 1.85 bits per heavy atom. The highest BCUT2D eigenvalue weighted by Crippen LogP contribution is 2.20. The smallest absolute Gasteiger partial charge is 0.277 e. The molecular weight excluding hydrogens is 344 g/mol. The number of aryl methyl sites for hydroxylation is 1. The van der Waals surface area contributed by atoms with E-state index in [9.17, 15) is 9.59 Å². The fourth-order valence-electron chi connectivity index (χ4n) is 2.67. The number of hydrazone groups is 1. The summed E-state index contributed by atoms with van der Waals surface area (Å²) in [6.07, 6.45) is 3.70. The lowest BCUT2D eigenvalue weighted by molar-refractivity contribution is -0.123. The number of carbonyl (C=O) groups is 2. The van der Waals surface area contributed by atoms with Crippen LogP contribution in [0.15, 0.2) is 65.9 Å². The van der Waals surface area contributed by atoms with Crippen molar-refractivity contribution in [2.24, 2.45) is 10.8 Å². The fraction of sp³-hybridized carbons (Fsp3) is 0.150. The lowest BCUT2D eigenvalue weighted by atomic mass is 10.2. The first-order valence-corrected chi connectivity index (χ1v) is 8.49. The topological polar surface area (TPSA) is 98.7 Å². The summed E-state index contributed by atoms with van der Waals surface area (Å²) < 4.78 is 7.31. The van der Waals surface area contributed by atoms with E-state index < -0.39 is 0 Å². The largest absolute Gasteiger partial charge is 0.484 e. The summed E-state index contributed by atoms with van der Waals surface area (Å²) in [5.74, 6) is -0.0876. The van der Waals surface area contributed by atoms with Crippen molar-refractivity contribution in [3.05, 3.63) is 66.4 Å². The second-order valence-electron chi connectivity index (χ2n) is 5.91. The SMILES string of the molecule is NC(=O)CCn1cc(/C=N\NC(=O)COc2ccccc2)c2ccccc21. The maximum absolute atomic E-state index is 11.8. The highest BCUT2D eigenvalue weighted by atomic mass is 16.5. The number of nitrogens with two attached hydrogens (primary N) is 1. The molecule has 2 aromatic carbocycles. The molecule has 0 bridgehead atoms. The molecule has 27 heavy (non-hydrogen) atoms. The summed E-state index contributed by atoms with van der Waals surface area (Å²) in [7, 11) is 0. The van der Waals surface area contributed by atoms with Crippen LogP contribution in [0.5, 0.6) is 5.75 Å². The molecule has 0 aliphatic rings. The van der Waals surface area contributed by atoms with Gasteiger partial charge in [0.1, 0.15) is 5.75 Å². The van der Waals surface area contributed by atoms with Crippen LogP contribution in [-0.4, -0.2) is 29.2 Å². The molecule has 3 rings (SSSR count). The molecule has 0 aliphatic carbocycles. The van der Waals surface area contributed by atoms with Gasteiger partial charge in [-0.2, -0.15) is 5.10 Å². The van der Waals surface area contributed by atoms with Gasteiger partial charge in [-0.3, -0.25) is 9.59 Å². The molecular formula is C20H20N4O3. The summed E-state index contributed by atoms with van der Waals surface area (Å²) >= 11 is 0. The Kier molecular flexibility index (Phi) is 5.84. The Hall–Kier alpha value is -3.61. The van der Waals surface area contributed by atoms with Gasteiger partial charge in [-0.15, -0.1) is 0 Å². The molecule has 138 valence electrons. The summed E-state index contributed by atoms with van der Waals surface area (Å²) in [6.45, 7) is 0.364. The second-order valence-corrected chi connectivity index (χ2v) is 5.91. The van der Waals surface area contributed by atoms with Crippen LogP contribution in [0, 0.1) is 0 Å². The normalized spacial score (nSPS) is 11.0. The number of primary amides is 1. The van der Waals surface area contributed by atoms with E-state index in [0.717, 1.165) is 16.5 Å². The zero-order valence-corrected chi connectivity index (χ0v) is 14.7. The van der Waals surface area contributed by atoms with Crippen LogP contribution in [-0.2, 0) is 16.1 Å². The van der Waals surface area contributed by atoms with Crippen molar-refractivity contribution in [2.75, 3.05) is 6.61 Å². The molecule has 3 N–H and O–H groups in total. The van der Waals surface area contributed by atoms with Crippen molar-refractivity contribution in [3.63, 3.8) is 0 Å². The number of benzene rings is 2. The van der Waals surface area contributed by atoms with E-state index in [-0.39, 0.29) is 24.8 Å². The third kappa shape index (κ3) is 4.94. The van der Waals surface area contributed by atoms with Gasteiger partial charge in [0, 0.05) is 35.6 Å². The average Bonchev–Trinajstić information content (AvgIpc) is 3.04.